The molecule has 0 saturated carbocycles. The summed E-state index contributed by atoms with van der Waals surface area (Å²) in [5.41, 5.74) is 1.33. The number of hydrogen-bond acceptors (Lipinski definition) is 10. The van der Waals surface area contributed by atoms with E-state index in [4.69, 9.17) is 18.9 Å². The van der Waals surface area contributed by atoms with Gasteiger partial charge >= 0.3 is 5.97 Å². The maximum Gasteiger partial charge on any atom is 0.338 e. The Hall–Kier alpha value is -4.00. The molecule has 1 atom stereocenters. The molecule has 3 aromatic heterocycles. The molecule has 0 N–H and O–H groups in total. The number of fused-ring (bicyclic) bond motifs is 2. The van der Waals surface area contributed by atoms with E-state index in [1.165, 1.54) is 23.1 Å². The molecule has 0 unspecified atom stereocenters. The number of nitrogens with zero attached hydrogens (tertiary/aromatic N) is 4. The van der Waals surface area contributed by atoms with Crippen molar-refractivity contribution in [3.8, 4) is 5.75 Å². The van der Waals surface area contributed by atoms with Crippen LogP contribution >= 0.6 is 39.0 Å². The number of allylic oxidation sites excluding steroid dienone is 1. The Labute approximate surface area is 269 Å². The molecular formula is C32H27BrN4O5S2. The third-order valence-electron chi connectivity index (χ3n) is 6.99. The monoisotopic (exact) mass is 690 g/mol. The first kappa shape index (κ1) is 30.0. The van der Waals surface area contributed by atoms with Crippen LogP contribution in [0.25, 0.3) is 16.8 Å². The Balaban J connectivity index is 1.58. The first-order valence-corrected chi connectivity index (χ1v) is 16.4. The summed E-state index contributed by atoms with van der Waals surface area (Å²) in [6, 6.07) is 14.4. The number of aromatic nitrogens is 3. The van der Waals surface area contributed by atoms with Crippen molar-refractivity contribution in [3.63, 3.8) is 0 Å². The summed E-state index contributed by atoms with van der Waals surface area (Å²) in [5.74, 6) is 0.523. The Morgan fingerprint density at radius 2 is 1.95 bits per heavy atom. The molecule has 0 spiro atoms. The van der Waals surface area contributed by atoms with Gasteiger partial charge in [0.2, 0.25) is 0 Å². The van der Waals surface area contributed by atoms with E-state index in [1.807, 2.05) is 43.3 Å². The largest absolute Gasteiger partial charge is 0.496 e. The van der Waals surface area contributed by atoms with Crippen molar-refractivity contribution in [1.82, 2.24) is 14.5 Å². The van der Waals surface area contributed by atoms with Crippen molar-refractivity contribution in [1.29, 1.82) is 0 Å². The van der Waals surface area contributed by atoms with E-state index in [0.29, 0.717) is 58.8 Å². The van der Waals surface area contributed by atoms with Gasteiger partial charge in [-0.3, -0.25) is 9.36 Å². The normalized spacial score (nSPS) is 14.9. The first-order chi connectivity index (χ1) is 21.4. The van der Waals surface area contributed by atoms with Crippen LogP contribution in [-0.2, 0) is 9.53 Å². The highest BCUT2D eigenvalue weighted by atomic mass is 79.9. The molecule has 0 radical (unpaired) electrons. The van der Waals surface area contributed by atoms with Crippen LogP contribution in [0.2, 0.25) is 0 Å². The topological polar surface area (TPSA) is 109 Å². The zero-order valence-corrected chi connectivity index (χ0v) is 27.3. The Bertz CT molecular complexity index is 2090. The van der Waals surface area contributed by atoms with Gasteiger partial charge in [0.15, 0.2) is 15.1 Å². The predicted molar refractivity (Wildman–Crippen MR) is 173 cm³/mol. The lowest BCUT2D eigenvalue weighted by molar-refractivity contribution is -0.139. The maximum absolute atomic E-state index is 14.3. The van der Waals surface area contributed by atoms with Crippen molar-refractivity contribution >= 4 is 61.8 Å². The summed E-state index contributed by atoms with van der Waals surface area (Å²) in [7, 11) is 1.59. The molecule has 0 amide bonds. The minimum atomic E-state index is -0.820. The number of thiazole rings is 1. The molecule has 0 aliphatic carbocycles. The second-order valence-electron chi connectivity index (χ2n) is 9.73. The van der Waals surface area contributed by atoms with Crippen LogP contribution in [-0.4, -0.2) is 34.2 Å². The summed E-state index contributed by atoms with van der Waals surface area (Å²) >= 11 is 6.06. The molecule has 44 heavy (non-hydrogen) atoms. The van der Waals surface area contributed by atoms with Gasteiger partial charge in [0.1, 0.15) is 17.6 Å². The zero-order chi connectivity index (χ0) is 30.8. The predicted octanol–water partition coefficient (Wildman–Crippen LogP) is 6.04. The number of carbonyl (C=O) groups is 1. The number of carbonyl (C=O) groups excluding carboxylic acids is 1. The van der Waals surface area contributed by atoms with Crippen LogP contribution in [0.5, 0.6) is 5.75 Å². The minimum Gasteiger partial charge on any atom is -0.496 e. The maximum atomic E-state index is 14.3. The quantitative estimate of drug-likeness (QED) is 0.136. The summed E-state index contributed by atoms with van der Waals surface area (Å²) in [5, 5.41) is 2.91. The molecule has 2 aromatic carbocycles. The number of furan rings is 1. The fourth-order valence-corrected chi connectivity index (χ4v) is 7.43. The van der Waals surface area contributed by atoms with Crippen molar-refractivity contribution in [2.24, 2.45) is 4.99 Å². The molecule has 1 aliphatic rings. The Morgan fingerprint density at radius 1 is 1.16 bits per heavy atom. The fourth-order valence-electron chi connectivity index (χ4n) is 5.19. The van der Waals surface area contributed by atoms with Crippen molar-refractivity contribution < 1.29 is 18.7 Å². The molecule has 5 aromatic rings. The number of rotatable bonds is 9. The van der Waals surface area contributed by atoms with Gasteiger partial charge in [-0.1, -0.05) is 55.0 Å². The van der Waals surface area contributed by atoms with Crippen molar-refractivity contribution in [2.75, 3.05) is 13.7 Å². The van der Waals surface area contributed by atoms with Gasteiger partial charge in [-0.15, -0.1) is 0 Å². The van der Waals surface area contributed by atoms with Gasteiger partial charge < -0.3 is 13.9 Å². The highest BCUT2D eigenvalue weighted by molar-refractivity contribution is 9.10. The minimum absolute atomic E-state index is 0.188. The van der Waals surface area contributed by atoms with Crippen LogP contribution < -0.4 is 19.6 Å². The van der Waals surface area contributed by atoms with Crippen LogP contribution in [0.4, 0.5) is 0 Å². The SMILES string of the molecule is CCCC1=C(C(=O)OCC)[C@H](c2c(OC)ccc3ccccc23)n2c(s/c(=C/c3cc(Br)c(Sc4ncccn4)o3)c2=O)=N1. The van der Waals surface area contributed by atoms with E-state index in [2.05, 4.69) is 25.9 Å². The molecule has 4 heterocycles. The van der Waals surface area contributed by atoms with Crippen LogP contribution in [0, 0.1) is 0 Å². The number of methoxy groups -OCH3 is 1. The lowest BCUT2D eigenvalue weighted by Crippen LogP contribution is -2.40. The average molecular weight is 692 g/mol. The summed E-state index contributed by atoms with van der Waals surface area (Å²) in [4.78, 5) is 41.8. The number of hydrogen-bond donors (Lipinski definition) is 0. The van der Waals surface area contributed by atoms with Gasteiger partial charge in [0, 0.05) is 24.0 Å². The molecular weight excluding hydrogens is 664 g/mol. The van der Waals surface area contributed by atoms with Gasteiger partial charge in [-0.05, 0) is 70.0 Å². The molecule has 0 bridgehead atoms. The first-order valence-electron chi connectivity index (χ1n) is 13.9. The van der Waals surface area contributed by atoms with E-state index in [1.54, 1.807) is 49.2 Å². The molecule has 224 valence electrons. The lowest BCUT2D eigenvalue weighted by Gasteiger charge is -2.28. The number of halogens is 1. The molecule has 0 saturated heterocycles. The average Bonchev–Trinajstić information content (AvgIpc) is 3.53. The number of esters is 1. The standard InChI is InChI=1S/C32H27BrN4O5S2/c1-4-9-22-26(29(39)41-5-2)27(25-20-11-7-6-10-18(20)12-13-23(25)40-3)37-28(38)24(43-32(37)36-22)17-19-16-21(33)30(42-19)44-31-34-14-8-15-35-31/h6-8,10-17,27H,4-5,9H2,1-3H3/b24-17+/t27-/m0/s1. The van der Waals surface area contributed by atoms with Crippen LogP contribution in [0.15, 0.2) is 101 Å². The lowest BCUT2D eigenvalue weighted by atomic mass is 9.90. The second kappa shape index (κ2) is 12.9. The third kappa shape index (κ3) is 5.64. The van der Waals surface area contributed by atoms with Gasteiger partial charge in [-0.25, -0.2) is 19.8 Å². The summed E-state index contributed by atoms with van der Waals surface area (Å²) < 4.78 is 20.2. The second-order valence-corrected chi connectivity index (χ2v) is 12.5. The summed E-state index contributed by atoms with van der Waals surface area (Å²) in [6.07, 6.45) is 6.30. The molecule has 9 nitrogen and oxygen atoms in total. The molecule has 6 rings (SSSR count). The van der Waals surface area contributed by atoms with Crippen molar-refractivity contribution in [3.05, 3.63) is 108 Å². The van der Waals surface area contributed by atoms with E-state index in [-0.39, 0.29) is 12.2 Å². The van der Waals surface area contributed by atoms with Crippen molar-refractivity contribution in [2.45, 2.75) is 43.0 Å². The van der Waals surface area contributed by atoms with E-state index in [0.717, 1.165) is 17.2 Å². The summed E-state index contributed by atoms with van der Waals surface area (Å²) in [6.45, 7) is 3.98. The van der Waals surface area contributed by atoms with E-state index < -0.39 is 12.0 Å². The Morgan fingerprint density at radius 3 is 2.70 bits per heavy atom. The molecule has 1 aliphatic heterocycles. The molecule has 0 fully saturated rings. The molecule has 12 heteroatoms. The zero-order valence-electron chi connectivity index (χ0n) is 24.1. The van der Waals surface area contributed by atoms with E-state index >= 15 is 0 Å². The Kier molecular flexibility index (Phi) is 8.83. The highest BCUT2D eigenvalue weighted by Gasteiger charge is 2.37. The van der Waals surface area contributed by atoms with Crippen LogP contribution in [0.1, 0.15) is 44.1 Å². The number of ether oxygens (including phenoxy) is 2. The van der Waals surface area contributed by atoms with Crippen LogP contribution in [0.3, 0.4) is 0 Å². The van der Waals surface area contributed by atoms with E-state index in [9.17, 15) is 9.59 Å². The third-order valence-corrected chi connectivity index (χ3v) is 9.71. The highest BCUT2D eigenvalue weighted by Crippen LogP contribution is 2.41. The number of benzene rings is 2. The smallest absolute Gasteiger partial charge is 0.338 e. The fraction of sp³-hybridized carbons (Fsp3) is 0.219. The van der Waals surface area contributed by atoms with Gasteiger partial charge in [0.25, 0.3) is 5.56 Å². The van der Waals surface area contributed by atoms with Gasteiger partial charge in [0.05, 0.1) is 34.0 Å². The van der Waals surface area contributed by atoms with Gasteiger partial charge in [-0.2, -0.15) is 0 Å².